The molecule has 120 valence electrons. The summed E-state index contributed by atoms with van der Waals surface area (Å²) in [6.45, 7) is 0. The van der Waals surface area contributed by atoms with Crippen molar-refractivity contribution in [2.24, 2.45) is 4.40 Å². The van der Waals surface area contributed by atoms with Crippen molar-refractivity contribution >= 4 is 32.7 Å². The average Bonchev–Trinajstić information content (AvgIpc) is 2.60. The molecule has 3 aromatic rings. The summed E-state index contributed by atoms with van der Waals surface area (Å²) in [6, 6.07) is 17.7. The second kappa shape index (κ2) is 6.21. The Morgan fingerprint density at radius 3 is 2.29 bits per heavy atom. The van der Waals surface area contributed by atoms with Crippen LogP contribution in [0.15, 0.2) is 76.0 Å². The molecule has 0 bridgehead atoms. The van der Waals surface area contributed by atoms with Crippen LogP contribution in [-0.2, 0) is 10.0 Å². The largest absolute Gasteiger partial charge is 0.282 e. The second-order valence-corrected chi connectivity index (χ2v) is 6.66. The third-order valence-corrected chi connectivity index (χ3v) is 4.75. The monoisotopic (exact) mass is 340 g/mol. The molecular formula is C17H12N2O4S. The fourth-order valence-corrected chi connectivity index (χ4v) is 3.14. The molecule has 24 heavy (non-hydrogen) atoms. The predicted octanol–water partition coefficient (Wildman–Crippen LogP) is 3.56. The van der Waals surface area contributed by atoms with Crippen LogP contribution < -0.4 is 0 Å². The highest BCUT2D eigenvalue weighted by molar-refractivity contribution is 7.90. The summed E-state index contributed by atoms with van der Waals surface area (Å²) in [6.07, 6.45) is 1.29. The van der Waals surface area contributed by atoms with Gasteiger partial charge < -0.3 is 0 Å². The van der Waals surface area contributed by atoms with E-state index in [9.17, 15) is 18.5 Å². The number of sulfonamides is 1. The van der Waals surface area contributed by atoms with Crippen molar-refractivity contribution in [3.05, 3.63) is 82.4 Å². The number of fused-ring (bicyclic) bond motifs is 1. The lowest BCUT2D eigenvalue weighted by molar-refractivity contribution is -0.384. The van der Waals surface area contributed by atoms with Gasteiger partial charge in [0.05, 0.1) is 9.82 Å². The zero-order chi connectivity index (χ0) is 17.2. The molecule has 0 spiro atoms. The van der Waals surface area contributed by atoms with E-state index >= 15 is 0 Å². The first-order chi connectivity index (χ1) is 11.5. The number of non-ortho nitro benzene ring substituents is 1. The van der Waals surface area contributed by atoms with E-state index in [1.165, 1.54) is 18.3 Å². The zero-order valence-corrected chi connectivity index (χ0v) is 13.2. The molecular weight excluding hydrogens is 328 g/mol. The SMILES string of the molecule is O=[N+]([O-])c1ccc(S(=O)(=O)N=Cc2cccc3ccccc23)cc1. The summed E-state index contributed by atoms with van der Waals surface area (Å²) in [5.41, 5.74) is 0.505. The molecule has 0 aliphatic rings. The van der Waals surface area contributed by atoms with Crippen molar-refractivity contribution in [2.45, 2.75) is 4.90 Å². The standard InChI is InChI=1S/C17H12N2O4S/c20-19(21)15-8-10-16(11-9-15)24(22,23)18-12-14-6-3-5-13-4-1-2-7-17(13)14/h1-12H. The molecule has 0 amide bonds. The first-order valence-corrected chi connectivity index (χ1v) is 8.44. The van der Waals surface area contributed by atoms with Gasteiger partial charge in [-0.2, -0.15) is 12.8 Å². The molecule has 7 heteroatoms. The van der Waals surface area contributed by atoms with E-state index < -0.39 is 14.9 Å². The predicted molar refractivity (Wildman–Crippen MR) is 91.8 cm³/mol. The van der Waals surface area contributed by atoms with Crippen molar-refractivity contribution in [1.82, 2.24) is 0 Å². The van der Waals surface area contributed by atoms with Gasteiger partial charge in [0.2, 0.25) is 0 Å². The minimum atomic E-state index is -3.92. The molecule has 0 N–H and O–H groups in total. The van der Waals surface area contributed by atoms with Gasteiger partial charge in [0.15, 0.2) is 0 Å². The Bertz CT molecular complexity index is 1040. The number of hydrogen-bond acceptors (Lipinski definition) is 4. The molecule has 0 saturated carbocycles. The molecule has 0 fully saturated rings. The lowest BCUT2D eigenvalue weighted by Crippen LogP contribution is -1.98. The van der Waals surface area contributed by atoms with E-state index in [4.69, 9.17) is 0 Å². The molecule has 3 rings (SSSR count). The highest BCUT2D eigenvalue weighted by Crippen LogP contribution is 2.20. The first-order valence-electron chi connectivity index (χ1n) is 7.00. The number of nitrogens with zero attached hydrogens (tertiary/aromatic N) is 2. The molecule has 0 aromatic heterocycles. The fourth-order valence-electron chi connectivity index (χ4n) is 2.29. The summed E-state index contributed by atoms with van der Waals surface area (Å²) in [5.74, 6) is 0. The number of benzene rings is 3. The number of hydrogen-bond donors (Lipinski definition) is 0. The maximum Gasteiger partial charge on any atom is 0.282 e. The van der Waals surface area contributed by atoms with E-state index in [2.05, 4.69) is 4.40 Å². The Labute approximate surface area is 138 Å². The van der Waals surface area contributed by atoms with Crippen LogP contribution in [0.1, 0.15) is 5.56 Å². The maximum absolute atomic E-state index is 12.3. The van der Waals surface area contributed by atoms with Crippen molar-refractivity contribution in [1.29, 1.82) is 0 Å². The van der Waals surface area contributed by atoms with Gasteiger partial charge in [0.1, 0.15) is 0 Å². The van der Waals surface area contributed by atoms with Gasteiger partial charge in [-0.1, -0.05) is 42.5 Å². The third kappa shape index (κ3) is 3.16. The minimum Gasteiger partial charge on any atom is -0.258 e. The summed E-state index contributed by atoms with van der Waals surface area (Å²) < 4.78 is 28.2. The number of nitro groups is 1. The van der Waals surface area contributed by atoms with Crippen LogP contribution in [0.25, 0.3) is 10.8 Å². The van der Waals surface area contributed by atoms with E-state index in [1.807, 2.05) is 36.4 Å². The summed E-state index contributed by atoms with van der Waals surface area (Å²) >= 11 is 0. The van der Waals surface area contributed by atoms with Crippen molar-refractivity contribution in [2.75, 3.05) is 0 Å². The van der Waals surface area contributed by atoms with Gasteiger partial charge >= 0.3 is 0 Å². The molecule has 0 heterocycles. The molecule has 0 unspecified atom stereocenters. The Kier molecular flexibility index (Phi) is 4.09. The quantitative estimate of drug-likeness (QED) is 0.412. The van der Waals surface area contributed by atoms with Crippen molar-refractivity contribution in [3.8, 4) is 0 Å². The summed E-state index contributed by atoms with van der Waals surface area (Å²) in [4.78, 5) is 9.94. The maximum atomic E-state index is 12.3. The smallest absolute Gasteiger partial charge is 0.258 e. The molecule has 0 atom stereocenters. The Hall–Kier alpha value is -3.06. The zero-order valence-electron chi connectivity index (χ0n) is 12.4. The van der Waals surface area contributed by atoms with Crippen LogP contribution >= 0.6 is 0 Å². The van der Waals surface area contributed by atoms with Crippen LogP contribution in [0.3, 0.4) is 0 Å². The average molecular weight is 340 g/mol. The van der Waals surface area contributed by atoms with Gasteiger partial charge in [-0.15, -0.1) is 0 Å². The molecule has 0 aliphatic carbocycles. The molecule has 3 aromatic carbocycles. The van der Waals surface area contributed by atoms with Gasteiger partial charge in [0.25, 0.3) is 15.7 Å². The molecule has 0 saturated heterocycles. The molecule has 0 radical (unpaired) electrons. The van der Waals surface area contributed by atoms with Crippen LogP contribution in [0.4, 0.5) is 5.69 Å². The molecule has 0 aliphatic heterocycles. The van der Waals surface area contributed by atoms with Gasteiger partial charge in [-0.25, -0.2) is 0 Å². The minimum absolute atomic E-state index is 0.0930. The van der Waals surface area contributed by atoms with Crippen LogP contribution in [-0.4, -0.2) is 19.6 Å². The Morgan fingerprint density at radius 1 is 0.917 bits per heavy atom. The lowest BCUT2D eigenvalue weighted by atomic mass is 10.1. The van der Waals surface area contributed by atoms with Crippen molar-refractivity contribution in [3.63, 3.8) is 0 Å². The fraction of sp³-hybridized carbons (Fsp3) is 0. The molecule has 6 nitrogen and oxygen atoms in total. The highest BCUT2D eigenvalue weighted by atomic mass is 32.2. The third-order valence-electron chi connectivity index (χ3n) is 3.50. The number of nitro benzene ring substituents is 1. The van der Waals surface area contributed by atoms with E-state index in [0.717, 1.165) is 22.9 Å². The topological polar surface area (TPSA) is 89.6 Å². The summed E-state index contributed by atoms with van der Waals surface area (Å²) in [5, 5.41) is 12.5. The van der Waals surface area contributed by atoms with Crippen LogP contribution in [0.2, 0.25) is 0 Å². The van der Waals surface area contributed by atoms with Gasteiger partial charge in [-0.3, -0.25) is 10.1 Å². The number of rotatable bonds is 4. The second-order valence-electron chi connectivity index (χ2n) is 5.03. The normalized spacial score (nSPS) is 11.8. The van der Waals surface area contributed by atoms with Crippen molar-refractivity contribution < 1.29 is 13.3 Å². The van der Waals surface area contributed by atoms with E-state index in [1.54, 1.807) is 6.07 Å². The first kappa shape index (κ1) is 15.8. The van der Waals surface area contributed by atoms with Gasteiger partial charge in [-0.05, 0) is 22.9 Å². The van der Waals surface area contributed by atoms with Crippen LogP contribution in [0, 0.1) is 10.1 Å². The highest BCUT2D eigenvalue weighted by Gasteiger charge is 2.14. The van der Waals surface area contributed by atoms with Gasteiger partial charge in [0, 0.05) is 23.9 Å². The van der Waals surface area contributed by atoms with Crippen LogP contribution in [0.5, 0.6) is 0 Å². The lowest BCUT2D eigenvalue weighted by Gasteiger charge is -2.02. The Morgan fingerprint density at radius 2 is 1.58 bits per heavy atom. The Balaban J connectivity index is 1.96. The van der Waals surface area contributed by atoms with E-state index in [0.29, 0.717) is 5.56 Å². The summed E-state index contributed by atoms with van der Waals surface area (Å²) in [7, 11) is -3.92. The van der Waals surface area contributed by atoms with E-state index in [-0.39, 0.29) is 10.6 Å².